The average molecular weight is 329 g/mol. The molecule has 0 saturated carbocycles. The number of methoxy groups -OCH3 is 1. The Kier molecular flexibility index (Phi) is 4.57. The Balaban J connectivity index is 1.98. The van der Waals surface area contributed by atoms with E-state index < -0.39 is 0 Å². The number of rotatable bonds is 3. The van der Waals surface area contributed by atoms with Gasteiger partial charge in [-0.1, -0.05) is 6.92 Å². The van der Waals surface area contributed by atoms with Crippen LogP contribution >= 0.6 is 0 Å². The van der Waals surface area contributed by atoms with Crippen LogP contribution in [-0.4, -0.2) is 66.0 Å². The van der Waals surface area contributed by atoms with E-state index in [4.69, 9.17) is 4.74 Å². The first-order chi connectivity index (χ1) is 11.5. The smallest absolute Gasteiger partial charge is 0.256 e. The predicted molar refractivity (Wildman–Crippen MR) is 92.8 cm³/mol. The maximum absolute atomic E-state index is 13.0. The van der Waals surface area contributed by atoms with E-state index in [1.807, 2.05) is 17.0 Å². The summed E-state index contributed by atoms with van der Waals surface area (Å²) < 4.78 is 6.81. The Morgan fingerprint density at radius 2 is 1.88 bits per heavy atom. The lowest BCUT2D eigenvalue weighted by Gasteiger charge is -2.34. The number of nitrogens with zero attached hydrogens (tertiary/aromatic N) is 3. The number of piperazine rings is 1. The molecular formula is C18H23N3O3. The van der Waals surface area contributed by atoms with Crippen LogP contribution in [0, 0.1) is 0 Å². The van der Waals surface area contributed by atoms with E-state index in [2.05, 4.69) is 11.8 Å². The van der Waals surface area contributed by atoms with E-state index in [1.165, 1.54) is 11.5 Å². The molecule has 0 atom stereocenters. The van der Waals surface area contributed by atoms with E-state index in [9.17, 15) is 9.59 Å². The van der Waals surface area contributed by atoms with Crippen molar-refractivity contribution in [3.8, 4) is 5.75 Å². The molecule has 1 aliphatic heterocycles. The number of hydrogen-bond acceptors (Lipinski definition) is 4. The molecule has 24 heavy (non-hydrogen) atoms. The number of amides is 1. The zero-order chi connectivity index (χ0) is 17.3. The summed E-state index contributed by atoms with van der Waals surface area (Å²) >= 11 is 0. The molecule has 128 valence electrons. The van der Waals surface area contributed by atoms with Gasteiger partial charge in [-0.2, -0.15) is 0 Å². The minimum atomic E-state index is -0.111. The first kappa shape index (κ1) is 16.5. The number of hydrogen-bond donors (Lipinski definition) is 0. The van der Waals surface area contributed by atoms with Crippen molar-refractivity contribution in [2.75, 3.05) is 39.8 Å². The van der Waals surface area contributed by atoms with Crippen molar-refractivity contribution in [1.29, 1.82) is 0 Å². The summed E-state index contributed by atoms with van der Waals surface area (Å²) in [5.74, 6) is 0.540. The van der Waals surface area contributed by atoms with Crippen molar-refractivity contribution < 1.29 is 14.3 Å². The fraction of sp³-hybridized carbons (Fsp3) is 0.444. The van der Waals surface area contributed by atoms with E-state index in [1.54, 1.807) is 19.4 Å². The maximum atomic E-state index is 13.0. The Morgan fingerprint density at radius 3 is 2.46 bits per heavy atom. The Labute approximate surface area is 141 Å². The standard InChI is InChI=1S/C18H23N3O3/c1-4-19-7-9-20(10-8-19)18(23)16-12-21(13(2)22)17-6-5-14(24-3)11-15(16)17/h5-6,11-12H,4,7-10H2,1-3H3. The molecule has 1 aromatic heterocycles. The van der Waals surface area contributed by atoms with Crippen molar-refractivity contribution in [3.05, 3.63) is 30.0 Å². The van der Waals surface area contributed by atoms with Crippen LogP contribution in [0.5, 0.6) is 5.75 Å². The van der Waals surface area contributed by atoms with Gasteiger partial charge in [0.05, 0.1) is 18.2 Å². The Hall–Kier alpha value is -2.34. The number of likely N-dealkylation sites (N-methyl/N-ethyl adjacent to an activating group) is 1. The lowest BCUT2D eigenvalue weighted by Crippen LogP contribution is -2.48. The van der Waals surface area contributed by atoms with Gasteiger partial charge in [0.2, 0.25) is 5.91 Å². The molecule has 0 unspecified atom stereocenters. The van der Waals surface area contributed by atoms with Gasteiger partial charge < -0.3 is 14.5 Å². The largest absolute Gasteiger partial charge is 0.497 e. The first-order valence-electron chi connectivity index (χ1n) is 8.26. The zero-order valence-corrected chi connectivity index (χ0v) is 14.4. The molecule has 0 N–H and O–H groups in total. The third-order valence-corrected chi connectivity index (χ3v) is 4.69. The molecule has 3 rings (SSSR count). The van der Waals surface area contributed by atoms with Crippen molar-refractivity contribution in [3.63, 3.8) is 0 Å². The predicted octanol–water partition coefficient (Wildman–Crippen LogP) is 2.09. The Bertz CT molecular complexity index is 773. The second kappa shape index (κ2) is 6.65. The number of carbonyl (C=O) groups excluding carboxylic acids is 2. The minimum Gasteiger partial charge on any atom is -0.497 e. The molecule has 6 nitrogen and oxygen atoms in total. The van der Waals surface area contributed by atoms with Crippen molar-refractivity contribution in [1.82, 2.24) is 14.4 Å². The van der Waals surface area contributed by atoms with Gasteiger partial charge in [-0.25, -0.2) is 0 Å². The van der Waals surface area contributed by atoms with Crippen LogP contribution in [-0.2, 0) is 0 Å². The maximum Gasteiger partial charge on any atom is 0.256 e. The van der Waals surface area contributed by atoms with Gasteiger partial charge >= 0.3 is 0 Å². The summed E-state index contributed by atoms with van der Waals surface area (Å²) in [7, 11) is 1.59. The molecule has 1 aromatic carbocycles. The highest BCUT2D eigenvalue weighted by atomic mass is 16.5. The normalized spacial score (nSPS) is 15.7. The molecular weight excluding hydrogens is 306 g/mol. The van der Waals surface area contributed by atoms with E-state index in [0.717, 1.165) is 30.5 Å². The molecule has 0 spiro atoms. The fourth-order valence-electron chi connectivity index (χ4n) is 3.20. The van der Waals surface area contributed by atoms with E-state index in [0.29, 0.717) is 24.4 Å². The van der Waals surface area contributed by atoms with Crippen LogP contribution in [0.2, 0.25) is 0 Å². The van der Waals surface area contributed by atoms with Gasteiger partial charge in [0.1, 0.15) is 5.75 Å². The van der Waals surface area contributed by atoms with E-state index in [-0.39, 0.29) is 11.8 Å². The topological polar surface area (TPSA) is 54.8 Å². The summed E-state index contributed by atoms with van der Waals surface area (Å²) in [5, 5.41) is 0.757. The monoisotopic (exact) mass is 329 g/mol. The van der Waals surface area contributed by atoms with Crippen molar-refractivity contribution >= 4 is 22.7 Å². The fourth-order valence-corrected chi connectivity index (χ4v) is 3.20. The summed E-state index contributed by atoms with van der Waals surface area (Å²) in [5.41, 5.74) is 1.29. The lowest BCUT2D eigenvalue weighted by atomic mass is 10.1. The van der Waals surface area contributed by atoms with Crippen LogP contribution in [0.3, 0.4) is 0 Å². The van der Waals surface area contributed by atoms with Gasteiger partial charge in [0.25, 0.3) is 5.91 Å². The van der Waals surface area contributed by atoms with Crippen LogP contribution in [0.1, 0.15) is 29.0 Å². The van der Waals surface area contributed by atoms with Gasteiger partial charge in [-0.3, -0.25) is 14.2 Å². The van der Waals surface area contributed by atoms with Gasteiger partial charge in [-0.05, 0) is 24.7 Å². The van der Waals surface area contributed by atoms with Crippen LogP contribution < -0.4 is 4.74 Å². The highest BCUT2D eigenvalue weighted by molar-refractivity contribution is 6.09. The average Bonchev–Trinajstić information content (AvgIpc) is 3.00. The highest BCUT2D eigenvalue weighted by Crippen LogP contribution is 2.27. The van der Waals surface area contributed by atoms with Crippen molar-refractivity contribution in [2.45, 2.75) is 13.8 Å². The molecule has 6 heteroatoms. The minimum absolute atomic E-state index is 0.0241. The van der Waals surface area contributed by atoms with Crippen LogP contribution in [0.4, 0.5) is 0 Å². The zero-order valence-electron chi connectivity index (χ0n) is 14.4. The number of fused-ring (bicyclic) bond motifs is 1. The second-order valence-corrected chi connectivity index (χ2v) is 6.04. The second-order valence-electron chi connectivity index (χ2n) is 6.04. The lowest BCUT2D eigenvalue weighted by molar-refractivity contribution is 0.0645. The molecule has 0 bridgehead atoms. The molecule has 1 aliphatic rings. The summed E-state index contributed by atoms with van der Waals surface area (Å²) in [4.78, 5) is 29.1. The van der Waals surface area contributed by atoms with Gasteiger partial charge in [0.15, 0.2) is 0 Å². The number of aromatic nitrogens is 1. The SMILES string of the molecule is CCN1CCN(C(=O)c2cn(C(C)=O)c3ccc(OC)cc23)CC1. The van der Waals surface area contributed by atoms with E-state index >= 15 is 0 Å². The van der Waals surface area contributed by atoms with Crippen LogP contribution in [0.15, 0.2) is 24.4 Å². The Morgan fingerprint density at radius 1 is 1.17 bits per heavy atom. The third-order valence-electron chi connectivity index (χ3n) is 4.69. The number of ether oxygens (including phenoxy) is 1. The first-order valence-corrected chi connectivity index (χ1v) is 8.26. The summed E-state index contributed by atoms with van der Waals surface area (Å²) in [6, 6.07) is 5.45. The molecule has 1 amide bonds. The summed E-state index contributed by atoms with van der Waals surface area (Å²) in [6.45, 7) is 7.83. The van der Waals surface area contributed by atoms with Gasteiger partial charge in [-0.15, -0.1) is 0 Å². The molecule has 1 saturated heterocycles. The molecule has 0 aliphatic carbocycles. The highest BCUT2D eigenvalue weighted by Gasteiger charge is 2.25. The third kappa shape index (κ3) is 2.89. The molecule has 0 radical (unpaired) electrons. The van der Waals surface area contributed by atoms with Gasteiger partial charge in [0, 0.05) is 44.7 Å². The molecule has 2 heterocycles. The number of carbonyl (C=O) groups is 2. The van der Waals surface area contributed by atoms with Crippen LogP contribution in [0.25, 0.3) is 10.9 Å². The number of benzene rings is 1. The quantitative estimate of drug-likeness (QED) is 0.865. The summed E-state index contributed by atoms with van der Waals surface area (Å²) in [6.07, 6.45) is 1.65. The molecule has 2 aromatic rings. The molecule has 1 fully saturated rings. The van der Waals surface area contributed by atoms with Crippen molar-refractivity contribution in [2.24, 2.45) is 0 Å².